The van der Waals surface area contributed by atoms with Crippen molar-refractivity contribution in [3.05, 3.63) is 17.4 Å². The van der Waals surface area contributed by atoms with Gasteiger partial charge in [0.2, 0.25) is 0 Å². The maximum absolute atomic E-state index is 10.4. The summed E-state index contributed by atoms with van der Waals surface area (Å²) in [4.78, 5) is 10.4. The first-order valence-electron chi connectivity index (χ1n) is 3.50. The third kappa shape index (κ3) is 2.23. The molecule has 1 heterocycles. The third-order valence-corrected chi connectivity index (χ3v) is 1.68. The van der Waals surface area contributed by atoms with Crippen molar-refractivity contribution < 1.29 is 9.90 Å². The van der Waals surface area contributed by atoms with Crippen LogP contribution in [-0.4, -0.2) is 20.9 Å². The number of carbonyl (C=O) groups is 1. The van der Waals surface area contributed by atoms with Crippen LogP contribution in [0.15, 0.2) is 12.4 Å². The van der Waals surface area contributed by atoms with Gasteiger partial charge in [0.25, 0.3) is 0 Å². The highest BCUT2D eigenvalue weighted by atomic mass is 35.5. The summed E-state index contributed by atoms with van der Waals surface area (Å²) in [5.41, 5.74) is 0. The fraction of sp³-hybridized carbons (Fsp3) is 0.429. The second-order valence-corrected chi connectivity index (χ2v) is 3.06. The first kappa shape index (κ1) is 9.06. The van der Waals surface area contributed by atoms with Crippen molar-refractivity contribution in [1.82, 2.24) is 9.78 Å². The number of halogens is 1. The summed E-state index contributed by atoms with van der Waals surface area (Å²) in [5, 5.41) is 13.0. The molecule has 1 aromatic heterocycles. The lowest BCUT2D eigenvalue weighted by Crippen LogP contribution is -2.16. The second-order valence-electron chi connectivity index (χ2n) is 2.62. The summed E-state index contributed by atoms with van der Waals surface area (Å²) in [7, 11) is 0. The van der Waals surface area contributed by atoms with Gasteiger partial charge in [-0.3, -0.25) is 9.48 Å². The Kier molecular flexibility index (Phi) is 2.70. The van der Waals surface area contributed by atoms with Crippen LogP contribution < -0.4 is 0 Å². The van der Waals surface area contributed by atoms with Gasteiger partial charge in [0, 0.05) is 6.20 Å². The Bertz CT molecular complexity index is 285. The molecule has 0 fully saturated rings. The molecule has 0 bridgehead atoms. The number of hydrogen-bond acceptors (Lipinski definition) is 2. The molecule has 0 saturated heterocycles. The lowest BCUT2D eigenvalue weighted by molar-refractivity contribution is -0.141. The van der Waals surface area contributed by atoms with Gasteiger partial charge in [0.1, 0.15) is 0 Å². The maximum atomic E-state index is 10.4. The zero-order valence-corrected chi connectivity index (χ0v) is 7.32. The molecule has 1 N–H and O–H groups in total. The highest BCUT2D eigenvalue weighted by molar-refractivity contribution is 6.30. The number of aromatic nitrogens is 2. The molecule has 0 aromatic carbocycles. The van der Waals surface area contributed by atoms with Crippen molar-refractivity contribution in [3.63, 3.8) is 0 Å². The van der Waals surface area contributed by atoms with E-state index in [4.69, 9.17) is 16.7 Å². The van der Waals surface area contributed by atoms with Gasteiger partial charge < -0.3 is 5.11 Å². The first-order valence-corrected chi connectivity index (χ1v) is 3.88. The maximum Gasteiger partial charge on any atom is 0.308 e. The molecule has 12 heavy (non-hydrogen) atoms. The van der Waals surface area contributed by atoms with Crippen molar-refractivity contribution in [2.75, 3.05) is 0 Å². The lowest BCUT2D eigenvalue weighted by Gasteiger charge is -2.04. The van der Waals surface area contributed by atoms with Crippen LogP contribution >= 0.6 is 11.6 Å². The van der Waals surface area contributed by atoms with Crippen LogP contribution in [0.4, 0.5) is 0 Å². The number of nitrogens with zero attached hydrogens (tertiary/aromatic N) is 2. The van der Waals surface area contributed by atoms with Crippen molar-refractivity contribution in [2.24, 2.45) is 5.92 Å². The minimum absolute atomic E-state index is 0.349. The SMILES string of the molecule is C[C@H](Cn1cc(Cl)cn1)C(=O)O. The summed E-state index contributed by atoms with van der Waals surface area (Å²) in [6.45, 7) is 1.97. The molecule has 66 valence electrons. The predicted octanol–water partition coefficient (Wildman–Crippen LogP) is 1.26. The molecule has 0 aliphatic heterocycles. The molecule has 0 spiro atoms. The molecule has 4 nitrogen and oxygen atoms in total. The zero-order chi connectivity index (χ0) is 9.14. The first-order chi connectivity index (χ1) is 5.59. The van der Waals surface area contributed by atoms with E-state index in [9.17, 15) is 4.79 Å². The molecule has 1 rings (SSSR count). The van der Waals surface area contributed by atoms with Gasteiger partial charge in [-0.15, -0.1) is 0 Å². The molecule has 0 amide bonds. The molecule has 0 radical (unpaired) electrons. The number of aliphatic carboxylic acids is 1. The molecular weight excluding hydrogens is 180 g/mol. The second kappa shape index (κ2) is 3.58. The smallest absolute Gasteiger partial charge is 0.308 e. The number of hydrogen-bond donors (Lipinski definition) is 1. The van der Waals surface area contributed by atoms with E-state index in [-0.39, 0.29) is 0 Å². The van der Waals surface area contributed by atoms with Crippen molar-refractivity contribution >= 4 is 17.6 Å². The highest BCUT2D eigenvalue weighted by Gasteiger charge is 2.11. The highest BCUT2D eigenvalue weighted by Crippen LogP contribution is 2.07. The normalized spacial score (nSPS) is 12.8. The van der Waals surface area contributed by atoms with Crippen LogP contribution in [0, 0.1) is 5.92 Å². The Morgan fingerprint density at radius 2 is 2.58 bits per heavy atom. The molecule has 0 aliphatic rings. The van der Waals surface area contributed by atoms with Crippen LogP contribution in [0.3, 0.4) is 0 Å². The summed E-state index contributed by atoms with van der Waals surface area (Å²) >= 11 is 5.59. The fourth-order valence-corrected chi connectivity index (χ4v) is 0.953. The number of rotatable bonds is 3. The lowest BCUT2D eigenvalue weighted by atomic mass is 10.2. The summed E-state index contributed by atoms with van der Waals surface area (Å²) in [6, 6.07) is 0. The Morgan fingerprint density at radius 3 is 3.00 bits per heavy atom. The Labute approximate surface area is 74.8 Å². The minimum Gasteiger partial charge on any atom is -0.481 e. The van der Waals surface area contributed by atoms with E-state index < -0.39 is 11.9 Å². The van der Waals surface area contributed by atoms with Crippen molar-refractivity contribution in [2.45, 2.75) is 13.5 Å². The topological polar surface area (TPSA) is 55.1 Å². The third-order valence-electron chi connectivity index (χ3n) is 1.48. The van der Waals surface area contributed by atoms with Crippen molar-refractivity contribution in [3.8, 4) is 0 Å². The monoisotopic (exact) mass is 188 g/mol. The van der Waals surface area contributed by atoms with Crippen LogP contribution in [0.5, 0.6) is 0 Å². The number of carboxylic acid groups (broad SMARTS) is 1. The molecule has 0 unspecified atom stereocenters. The molecule has 0 aliphatic carbocycles. The van der Waals surface area contributed by atoms with Gasteiger partial charge in [-0.1, -0.05) is 18.5 Å². The van der Waals surface area contributed by atoms with Gasteiger partial charge >= 0.3 is 5.97 Å². The largest absolute Gasteiger partial charge is 0.481 e. The average molecular weight is 189 g/mol. The van der Waals surface area contributed by atoms with Crippen LogP contribution in [0.1, 0.15) is 6.92 Å². The minimum atomic E-state index is -0.832. The molecule has 0 saturated carbocycles. The van der Waals surface area contributed by atoms with Gasteiger partial charge in [0.15, 0.2) is 0 Å². The average Bonchev–Trinajstić information content (AvgIpc) is 2.35. The van der Waals surface area contributed by atoms with Gasteiger partial charge in [0.05, 0.1) is 23.7 Å². The van der Waals surface area contributed by atoms with Crippen LogP contribution in [0.2, 0.25) is 5.02 Å². The summed E-state index contributed by atoms with van der Waals surface area (Å²) in [6.07, 6.45) is 3.08. The molecule has 1 aromatic rings. The van der Waals surface area contributed by atoms with E-state index in [1.807, 2.05) is 0 Å². The molecule has 1 atom stereocenters. The van der Waals surface area contributed by atoms with E-state index in [0.717, 1.165) is 0 Å². The van der Waals surface area contributed by atoms with E-state index in [0.29, 0.717) is 11.6 Å². The van der Waals surface area contributed by atoms with Gasteiger partial charge in [-0.2, -0.15) is 5.10 Å². The van der Waals surface area contributed by atoms with Gasteiger partial charge in [-0.25, -0.2) is 0 Å². The Balaban J connectivity index is 2.58. The predicted molar refractivity (Wildman–Crippen MR) is 44.0 cm³/mol. The molecular formula is C7H9ClN2O2. The number of carboxylic acids is 1. The van der Waals surface area contributed by atoms with E-state index in [1.54, 1.807) is 13.1 Å². The Morgan fingerprint density at radius 1 is 1.92 bits per heavy atom. The van der Waals surface area contributed by atoms with Crippen molar-refractivity contribution in [1.29, 1.82) is 0 Å². The quantitative estimate of drug-likeness (QED) is 0.777. The molecule has 5 heteroatoms. The Hall–Kier alpha value is -1.03. The van der Waals surface area contributed by atoms with Crippen LogP contribution in [0.25, 0.3) is 0 Å². The standard InChI is InChI=1S/C7H9ClN2O2/c1-5(7(11)12)3-10-4-6(8)2-9-10/h2,4-5H,3H2,1H3,(H,11,12)/t5-/m1/s1. The zero-order valence-electron chi connectivity index (χ0n) is 6.57. The van der Waals surface area contributed by atoms with E-state index in [1.165, 1.54) is 10.9 Å². The van der Waals surface area contributed by atoms with Gasteiger partial charge in [-0.05, 0) is 0 Å². The van der Waals surface area contributed by atoms with E-state index in [2.05, 4.69) is 5.10 Å². The summed E-state index contributed by atoms with van der Waals surface area (Å²) < 4.78 is 1.52. The van der Waals surface area contributed by atoms with E-state index >= 15 is 0 Å². The summed E-state index contributed by atoms with van der Waals surface area (Å²) in [5.74, 6) is -1.28. The fourth-order valence-electron chi connectivity index (χ4n) is 0.797. The van der Waals surface area contributed by atoms with Crippen LogP contribution in [-0.2, 0) is 11.3 Å².